The van der Waals surface area contributed by atoms with Crippen LogP contribution in [-0.4, -0.2) is 28.9 Å². The van der Waals surface area contributed by atoms with Crippen LogP contribution in [-0.2, 0) is 11.2 Å². The fraction of sp³-hybridized carbons (Fsp3) is 0.321. The van der Waals surface area contributed by atoms with Gasteiger partial charge in [-0.1, -0.05) is 24.3 Å². The van der Waals surface area contributed by atoms with E-state index in [1.54, 1.807) is 17.4 Å². The number of benzene rings is 2. The normalized spacial score (nSPS) is 17.5. The summed E-state index contributed by atoms with van der Waals surface area (Å²) in [6.07, 6.45) is 3.06. The average molecular weight is 509 g/mol. The van der Waals surface area contributed by atoms with E-state index in [-0.39, 0.29) is 23.4 Å². The highest BCUT2D eigenvalue weighted by Crippen LogP contribution is 2.31. The third kappa shape index (κ3) is 5.65. The zero-order valence-corrected chi connectivity index (χ0v) is 21.1. The molecule has 3 aromatic rings. The predicted molar refractivity (Wildman–Crippen MR) is 138 cm³/mol. The molecule has 0 radical (unpaired) electrons. The van der Waals surface area contributed by atoms with Gasteiger partial charge in [0.05, 0.1) is 11.5 Å². The van der Waals surface area contributed by atoms with Gasteiger partial charge in [0.15, 0.2) is 0 Å². The highest BCUT2D eigenvalue weighted by Gasteiger charge is 2.28. The van der Waals surface area contributed by atoms with Gasteiger partial charge in [-0.3, -0.25) is 14.4 Å². The molecule has 1 fully saturated rings. The first kappa shape index (κ1) is 25.6. The maximum Gasteiger partial charge on any atom is 0.306 e. The molecule has 0 bridgehead atoms. The van der Waals surface area contributed by atoms with Crippen molar-refractivity contribution in [1.29, 1.82) is 0 Å². The second-order valence-electron chi connectivity index (χ2n) is 9.39. The summed E-state index contributed by atoms with van der Waals surface area (Å²) in [7, 11) is 0. The first-order valence-corrected chi connectivity index (χ1v) is 12.8. The standard InChI is InChI=1S/C28H29FN2O4S/c1-15-24(25(16(2)36-15)27(33)31-23-9-7-19(8-10-23)28(34)35)11-17-3-5-18(6-4-17)20-12-21(26(30)32)14-22(29)13-20/h3-6,12-14,19,23H,7-11H2,1-2H3,(H2,30,32)(H,31,33)(H,34,35). The number of carboxylic acids is 1. The Balaban J connectivity index is 1.50. The fourth-order valence-corrected chi connectivity index (χ4v) is 5.98. The third-order valence-electron chi connectivity index (χ3n) is 6.87. The summed E-state index contributed by atoms with van der Waals surface area (Å²) in [5, 5.41) is 12.3. The zero-order chi connectivity index (χ0) is 26.0. The largest absolute Gasteiger partial charge is 0.481 e. The molecular weight excluding hydrogens is 479 g/mol. The number of amides is 2. The molecule has 1 aliphatic carbocycles. The van der Waals surface area contributed by atoms with Gasteiger partial charge in [-0.05, 0) is 86.4 Å². The molecule has 4 rings (SSSR count). The van der Waals surface area contributed by atoms with E-state index in [1.807, 2.05) is 38.1 Å². The highest BCUT2D eigenvalue weighted by atomic mass is 32.1. The molecule has 0 spiro atoms. The number of aliphatic carboxylic acids is 1. The maximum atomic E-state index is 14.0. The molecular formula is C28H29FN2O4S. The van der Waals surface area contributed by atoms with Gasteiger partial charge in [0.2, 0.25) is 5.91 Å². The quantitative estimate of drug-likeness (QED) is 0.406. The molecule has 1 saturated carbocycles. The molecule has 6 nitrogen and oxygen atoms in total. The summed E-state index contributed by atoms with van der Waals surface area (Å²) in [6.45, 7) is 3.95. The Morgan fingerprint density at radius 2 is 1.67 bits per heavy atom. The maximum absolute atomic E-state index is 14.0. The molecule has 2 aromatic carbocycles. The number of rotatable bonds is 7. The molecule has 1 aromatic heterocycles. The molecule has 4 N–H and O–H groups in total. The lowest BCUT2D eigenvalue weighted by Gasteiger charge is -2.27. The lowest BCUT2D eigenvalue weighted by molar-refractivity contribution is -0.142. The summed E-state index contributed by atoms with van der Waals surface area (Å²) in [5.41, 5.74) is 9.42. The van der Waals surface area contributed by atoms with Crippen LogP contribution in [0.1, 0.15) is 67.3 Å². The van der Waals surface area contributed by atoms with Crippen LogP contribution in [0.3, 0.4) is 0 Å². The first-order valence-electron chi connectivity index (χ1n) is 11.9. The SMILES string of the molecule is Cc1sc(C)c(C(=O)NC2CCC(C(=O)O)CC2)c1Cc1ccc(-c2cc(F)cc(C(N)=O)c2)cc1. The topological polar surface area (TPSA) is 109 Å². The fourth-order valence-electron chi connectivity index (χ4n) is 4.90. The number of carbonyl (C=O) groups excluding carboxylic acids is 2. The molecule has 0 atom stereocenters. The van der Waals surface area contributed by atoms with Gasteiger partial charge in [0.25, 0.3) is 5.91 Å². The number of nitrogens with two attached hydrogens (primary N) is 1. The van der Waals surface area contributed by atoms with Crippen LogP contribution in [0.15, 0.2) is 42.5 Å². The highest BCUT2D eigenvalue weighted by molar-refractivity contribution is 7.12. The van der Waals surface area contributed by atoms with Crippen molar-refractivity contribution in [2.45, 2.75) is 52.0 Å². The lowest BCUT2D eigenvalue weighted by atomic mass is 9.86. The minimum absolute atomic E-state index is 0.0172. The number of halogens is 1. The van der Waals surface area contributed by atoms with E-state index >= 15 is 0 Å². The monoisotopic (exact) mass is 508 g/mol. The number of carboxylic acid groups (broad SMARTS) is 1. The van der Waals surface area contributed by atoms with Gasteiger partial charge in [0.1, 0.15) is 5.82 Å². The van der Waals surface area contributed by atoms with Crippen LogP contribution >= 0.6 is 11.3 Å². The van der Waals surface area contributed by atoms with Crippen molar-refractivity contribution in [2.75, 3.05) is 0 Å². The lowest BCUT2D eigenvalue weighted by Crippen LogP contribution is -2.39. The number of hydrogen-bond acceptors (Lipinski definition) is 4. The Kier molecular flexibility index (Phi) is 7.54. The van der Waals surface area contributed by atoms with E-state index in [0.717, 1.165) is 32.5 Å². The van der Waals surface area contributed by atoms with Crippen molar-refractivity contribution in [3.05, 3.63) is 80.3 Å². The number of nitrogens with one attached hydrogen (secondary N) is 1. The van der Waals surface area contributed by atoms with E-state index < -0.39 is 17.7 Å². The van der Waals surface area contributed by atoms with Gasteiger partial charge in [0, 0.05) is 21.4 Å². The molecule has 36 heavy (non-hydrogen) atoms. The molecule has 0 aliphatic heterocycles. The Morgan fingerprint density at radius 1 is 1.00 bits per heavy atom. The Bertz CT molecular complexity index is 1310. The Hall–Kier alpha value is -3.52. The van der Waals surface area contributed by atoms with Crippen molar-refractivity contribution in [2.24, 2.45) is 11.7 Å². The summed E-state index contributed by atoms with van der Waals surface area (Å²) < 4.78 is 14.0. The van der Waals surface area contributed by atoms with Crippen molar-refractivity contribution >= 4 is 29.1 Å². The van der Waals surface area contributed by atoms with Crippen LogP contribution in [0.5, 0.6) is 0 Å². The summed E-state index contributed by atoms with van der Waals surface area (Å²) in [5.74, 6) is -2.40. The van der Waals surface area contributed by atoms with Crippen molar-refractivity contribution in [3.8, 4) is 11.1 Å². The minimum Gasteiger partial charge on any atom is -0.481 e. The van der Waals surface area contributed by atoms with Crippen LogP contribution in [0, 0.1) is 25.6 Å². The number of carbonyl (C=O) groups is 3. The van der Waals surface area contributed by atoms with Gasteiger partial charge >= 0.3 is 5.97 Å². The van der Waals surface area contributed by atoms with Gasteiger partial charge < -0.3 is 16.2 Å². The first-order chi connectivity index (χ1) is 17.1. The number of thiophene rings is 1. The van der Waals surface area contributed by atoms with Gasteiger partial charge in [-0.2, -0.15) is 0 Å². The summed E-state index contributed by atoms with van der Waals surface area (Å²) in [6, 6.07) is 11.6. The van der Waals surface area contributed by atoms with Crippen LogP contribution < -0.4 is 11.1 Å². The molecule has 2 amide bonds. The molecule has 1 heterocycles. The molecule has 188 valence electrons. The van der Waals surface area contributed by atoms with Crippen LogP contribution in [0.25, 0.3) is 11.1 Å². The molecule has 1 aliphatic rings. The van der Waals surface area contributed by atoms with Gasteiger partial charge in [-0.25, -0.2) is 4.39 Å². The van der Waals surface area contributed by atoms with E-state index in [4.69, 9.17) is 5.73 Å². The van der Waals surface area contributed by atoms with E-state index in [0.29, 0.717) is 43.2 Å². The second-order valence-corrected chi connectivity index (χ2v) is 10.8. The number of aryl methyl sites for hydroxylation is 2. The Morgan fingerprint density at radius 3 is 2.28 bits per heavy atom. The smallest absolute Gasteiger partial charge is 0.306 e. The van der Waals surface area contributed by atoms with E-state index in [1.165, 1.54) is 6.07 Å². The summed E-state index contributed by atoms with van der Waals surface area (Å²) >= 11 is 1.59. The average Bonchev–Trinajstić information content (AvgIpc) is 3.11. The van der Waals surface area contributed by atoms with Crippen molar-refractivity contribution in [1.82, 2.24) is 5.32 Å². The second kappa shape index (κ2) is 10.6. The van der Waals surface area contributed by atoms with E-state index in [2.05, 4.69) is 5.32 Å². The number of primary amides is 1. The molecule has 8 heteroatoms. The van der Waals surface area contributed by atoms with Gasteiger partial charge in [-0.15, -0.1) is 11.3 Å². The predicted octanol–water partition coefficient (Wildman–Crippen LogP) is 5.23. The summed E-state index contributed by atoms with van der Waals surface area (Å²) in [4.78, 5) is 38.0. The van der Waals surface area contributed by atoms with Crippen molar-refractivity contribution in [3.63, 3.8) is 0 Å². The minimum atomic E-state index is -0.761. The molecule has 0 saturated heterocycles. The van der Waals surface area contributed by atoms with Crippen LogP contribution in [0.2, 0.25) is 0 Å². The molecule has 0 unspecified atom stereocenters. The van der Waals surface area contributed by atoms with Crippen molar-refractivity contribution < 1.29 is 23.9 Å². The van der Waals surface area contributed by atoms with E-state index in [9.17, 15) is 23.9 Å². The third-order valence-corrected chi connectivity index (χ3v) is 7.94. The van der Waals surface area contributed by atoms with Crippen LogP contribution in [0.4, 0.5) is 4.39 Å². The Labute approximate surface area is 213 Å². The zero-order valence-electron chi connectivity index (χ0n) is 20.3. The number of hydrogen-bond donors (Lipinski definition) is 3.